The number of pyridine rings is 1. The van der Waals surface area contributed by atoms with Crippen molar-refractivity contribution in [3.63, 3.8) is 0 Å². The van der Waals surface area contributed by atoms with Crippen molar-refractivity contribution in [2.24, 2.45) is 0 Å². The van der Waals surface area contributed by atoms with Crippen molar-refractivity contribution in [3.8, 4) is 0 Å². The normalized spacial score (nSPS) is 16.7. The molecule has 2 heterocycles. The summed E-state index contributed by atoms with van der Waals surface area (Å²) in [6.45, 7) is 2.08. The van der Waals surface area contributed by atoms with Gasteiger partial charge in [0.05, 0.1) is 0 Å². The molecule has 0 aliphatic heterocycles. The van der Waals surface area contributed by atoms with Crippen LogP contribution in [-0.4, -0.2) is 9.55 Å². The predicted octanol–water partition coefficient (Wildman–Crippen LogP) is 2.68. The highest BCUT2D eigenvalue weighted by molar-refractivity contribution is 5.76. The topological polar surface area (TPSA) is 17.8 Å². The van der Waals surface area contributed by atoms with E-state index >= 15 is 0 Å². The van der Waals surface area contributed by atoms with Crippen LogP contribution in [-0.2, 0) is 0 Å². The van der Waals surface area contributed by atoms with Gasteiger partial charge in [-0.15, -0.1) is 0 Å². The lowest BCUT2D eigenvalue weighted by molar-refractivity contribution is 0.766. The van der Waals surface area contributed by atoms with E-state index in [1.807, 2.05) is 6.20 Å². The van der Waals surface area contributed by atoms with Gasteiger partial charge in [0, 0.05) is 23.8 Å². The second-order valence-corrected chi connectivity index (χ2v) is 3.88. The number of hydrogen-bond acceptors (Lipinski definition) is 1. The van der Waals surface area contributed by atoms with E-state index in [9.17, 15) is 0 Å². The van der Waals surface area contributed by atoms with Crippen LogP contribution in [0.5, 0.6) is 0 Å². The highest BCUT2D eigenvalue weighted by Gasteiger charge is 2.24. The van der Waals surface area contributed by atoms with Crippen LogP contribution in [0.15, 0.2) is 24.5 Å². The van der Waals surface area contributed by atoms with E-state index in [-0.39, 0.29) is 0 Å². The van der Waals surface area contributed by atoms with Gasteiger partial charge >= 0.3 is 0 Å². The predicted molar refractivity (Wildman–Crippen MR) is 52.7 cm³/mol. The molecule has 0 radical (unpaired) electrons. The third-order valence-electron chi connectivity index (χ3n) is 2.63. The minimum atomic E-state index is 0.729. The third-order valence-corrected chi connectivity index (χ3v) is 2.63. The smallest absolute Gasteiger partial charge is 0.140 e. The van der Waals surface area contributed by atoms with Gasteiger partial charge in [-0.25, -0.2) is 4.98 Å². The molecule has 0 aromatic carbocycles. The van der Waals surface area contributed by atoms with Crippen molar-refractivity contribution in [3.05, 3.63) is 30.1 Å². The first-order chi connectivity index (χ1) is 6.34. The number of hydrogen-bond donors (Lipinski definition) is 0. The summed E-state index contributed by atoms with van der Waals surface area (Å²) < 4.78 is 2.30. The molecular weight excluding hydrogens is 160 g/mol. The summed E-state index contributed by atoms with van der Waals surface area (Å²) in [6, 6.07) is 5.09. The number of aryl methyl sites for hydroxylation is 1. The van der Waals surface area contributed by atoms with Crippen LogP contribution in [0.1, 0.15) is 24.4 Å². The molecule has 0 spiro atoms. The summed E-state index contributed by atoms with van der Waals surface area (Å²) in [5, 5.41) is 1.27. The Morgan fingerprint density at radius 1 is 1.46 bits per heavy atom. The van der Waals surface area contributed by atoms with E-state index < -0.39 is 0 Å². The third kappa shape index (κ3) is 1.05. The highest BCUT2D eigenvalue weighted by atomic mass is 15.1. The Kier molecular flexibility index (Phi) is 1.29. The molecule has 2 aromatic rings. The number of fused-ring (bicyclic) bond motifs is 1. The molecule has 1 aliphatic rings. The maximum atomic E-state index is 4.46. The minimum Gasteiger partial charge on any atom is -0.329 e. The second kappa shape index (κ2) is 2.34. The van der Waals surface area contributed by atoms with Gasteiger partial charge in [0.25, 0.3) is 0 Å². The van der Waals surface area contributed by atoms with Crippen LogP contribution in [0, 0.1) is 6.92 Å². The summed E-state index contributed by atoms with van der Waals surface area (Å²) in [7, 11) is 0. The van der Waals surface area contributed by atoms with Crippen LogP contribution >= 0.6 is 0 Å². The van der Waals surface area contributed by atoms with Crippen molar-refractivity contribution in [1.29, 1.82) is 0 Å². The van der Waals surface area contributed by atoms with Gasteiger partial charge in [-0.05, 0) is 37.5 Å². The van der Waals surface area contributed by atoms with Gasteiger partial charge in [-0.1, -0.05) is 0 Å². The van der Waals surface area contributed by atoms with Gasteiger partial charge in [0.15, 0.2) is 0 Å². The van der Waals surface area contributed by atoms with Crippen molar-refractivity contribution < 1.29 is 0 Å². The lowest BCUT2D eigenvalue weighted by Crippen LogP contribution is -1.92. The Balaban J connectivity index is 2.26. The highest BCUT2D eigenvalue weighted by Crippen LogP contribution is 2.37. The number of aromatic nitrogens is 2. The Morgan fingerprint density at radius 3 is 3.08 bits per heavy atom. The monoisotopic (exact) mass is 172 g/mol. The summed E-state index contributed by atoms with van der Waals surface area (Å²) >= 11 is 0. The summed E-state index contributed by atoms with van der Waals surface area (Å²) in [6.07, 6.45) is 6.74. The molecule has 3 rings (SSSR count). The molecule has 13 heavy (non-hydrogen) atoms. The van der Waals surface area contributed by atoms with Crippen molar-refractivity contribution >= 4 is 11.0 Å². The van der Waals surface area contributed by atoms with Crippen molar-refractivity contribution in [1.82, 2.24) is 9.55 Å². The molecule has 0 amide bonds. The fourth-order valence-corrected chi connectivity index (χ4v) is 1.80. The summed E-state index contributed by atoms with van der Waals surface area (Å²) in [5.74, 6) is 0. The van der Waals surface area contributed by atoms with E-state index in [4.69, 9.17) is 0 Å². The average molecular weight is 172 g/mol. The molecule has 0 bridgehead atoms. The molecule has 1 aliphatic carbocycles. The van der Waals surface area contributed by atoms with E-state index in [1.54, 1.807) is 0 Å². The van der Waals surface area contributed by atoms with Gasteiger partial charge < -0.3 is 4.57 Å². The van der Waals surface area contributed by atoms with E-state index in [2.05, 4.69) is 34.8 Å². The molecule has 0 saturated heterocycles. The van der Waals surface area contributed by atoms with E-state index in [0.29, 0.717) is 0 Å². The van der Waals surface area contributed by atoms with Gasteiger partial charge in [-0.2, -0.15) is 0 Å². The Hall–Kier alpha value is -1.31. The maximum Gasteiger partial charge on any atom is 0.140 e. The fraction of sp³-hybridized carbons (Fsp3) is 0.364. The van der Waals surface area contributed by atoms with Gasteiger partial charge in [0.1, 0.15) is 5.65 Å². The zero-order valence-electron chi connectivity index (χ0n) is 7.70. The SMILES string of the molecule is Cc1cnc2c(ccn2C2CC2)c1. The average Bonchev–Trinajstić information content (AvgIpc) is 2.87. The molecule has 0 unspecified atom stereocenters. The van der Waals surface area contributed by atoms with Crippen LogP contribution in [0.3, 0.4) is 0 Å². The standard InChI is InChI=1S/C11H12N2/c1-8-6-9-4-5-13(10-2-3-10)11(9)12-7-8/h4-7,10H,2-3H2,1H3. The second-order valence-electron chi connectivity index (χ2n) is 3.88. The van der Waals surface area contributed by atoms with Crippen LogP contribution in [0.2, 0.25) is 0 Å². The van der Waals surface area contributed by atoms with E-state index in [0.717, 1.165) is 11.7 Å². The molecule has 66 valence electrons. The molecule has 1 saturated carbocycles. The molecule has 0 atom stereocenters. The van der Waals surface area contributed by atoms with Gasteiger partial charge in [0.2, 0.25) is 0 Å². The first-order valence-electron chi connectivity index (χ1n) is 4.78. The molecule has 2 heteroatoms. The molecule has 0 N–H and O–H groups in total. The Labute approximate surface area is 77.2 Å². The molecule has 1 fully saturated rings. The zero-order valence-corrected chi connectivity index (χ0v) is 7.70. The van der Waals surface area contributed by atoms with Crippen molar-refractivity contribution in [2.75, 3.05) is 0 Å². The lowest BCUT2D eigenvalue weighted by atomic mass is 10.2. The number of rotatable bonds is 1. The lowest BCUT2D eigenvalue weighted by Gasteiger charge is -2.00. The largest absolute Gasteiger partial charge is 0.329 e. The molecular formula is C11H12N2. The number of nitrogens with zero attached hydrogens (tertiary/aromatic N) is 2. The van der Waals surface area contributed by atoms with Crippen LogP contribution in [0.25, 0.3) is 11.0 Å². The first-order valence-corrected chi connectivity index (χ1v) is 4.78. The Morgan fingerprint density at radius 2 is 2.31 bits per heavy atom. The van der Waals surface area contributed by atoms with Crippen LogP contribution in [0.4, 0.5) is 0 Å². The Bertz CT molecular complexity index is 452. The van der Waals surface area contributed by atoms with Crippen molar-refractivity contribution in [2.45, 2.75) is 25.8 Å². The fourth-order valence-electron chi connectivity index (χ4n) is 1.80. The van der Waals surface area contributed by atoms with E-state index in [1.165, 1.54) is 23.8 Å². The first kappa shape index (κ1) is 7.13. The molecule has 2 aromatic heterocycles. The zero-order chi connectivity index (χ0) is 8.84. The minimum absolute atomic E-state index is 0.729. The quantitative estimate of drug-likeness (QED) is 0.646. The maximum absolute atomic E-state index is 4.46. The van der Waals surface area contributed by atoms with Gasteiger partial charge in [-0.3, -0.25) is 0 Å². The van der Waals surface area contributed by atoms with Crippen LogP contribution < -0.4 is 0 Å². The summed E-state index contributed by atoms with van der Waals surface area (Å²) in [5.41, 5.74) is 2.38. The molecule has 2 nitrogen and oxygen atoms in total. The summed E-state index contributed by atoms with van der Waals surface area (Å²) in [4.78, 5) is 4.46.